The molecule has 9 heteroatoms. The van der Waals surface area contributed by atoms with Crippen LogP contribution in [0.3, 0.4) is 0 Å². The first-order valence-corrected chi connectivity index (χ1v) is 11.2. The molecule has 3 N–H and O–H groups in total. The molecule has 0 aliphatic heterocycles. The van der Waals surface area contributed by atoms with Crippen molar-refractivity contribution < 1.29 is 29.6 Å². The number of likely N-dealkylation sites (N-methyl/N-ethyl adjacent to an activating group) is 1. The molecule has 0 saturated carbocycles. The molecule has 0 saturated heterocycles. The van der Waals surface area contributed by atoms with Crippen LogP contribution in [0.5, 0.6) is 17.2 Å². The van der Waals surface area contributed by atoms with Crippen molar-refractivity contribution in [1.29, 1.82) is 0 Å². The minimum absolute atomic E-state index is 0.0140. The van der Waals surface area contributed by atoms with E-state index in [0.29, 0.717) is 26.0 Å². The first kappa shape index (κ1) is 25.2. The fraction of sp³-hybridized carbons (Fsp3) is 0.364. The second-order valence-corrected chi connectivity index (χ2v) is 9.12. The topological polar surface area (TPSA) is 107 Å². The molecule has 31 heavy (non-hydrogen) atoms. The van der Waals surface area contributed by atoms with E-state index >= 15 is 0 Å². The third-order valence-electron chi connectivity index (χ3n) is 4.80. The highest BCUT2D eigenvalue weighted by atomic mass is 79.9. The van der Waals surface area contributed by atoms with Crippen molar-refractivity contribution in [2.24, 2.45) is 0 Å². The molecule has 2 aromatic carbocycles. The lowest BCUT2D eigenvalue weighted by Crippen LogP contribution is -2.43. The van der Waals surface area contributed by atoms with E-state index in [-0.39, 0.29) is 37.0 Å². The van der Waals surface area contributed by atoms with E-state index in [4.69, 9.17) is 9.84 Å². The van der Waals surface area contributed by atoms with Gasteiger partial charge >= 0.3 is 5.97 Å². The number of carbonyl (C=O) groups excluding carboxylic acids is 1. The summed E-state index contributed by atoms with van der Waals surface area (Å²) in [5, 5.41) is 28.3. The Bertz CT molecular complexity index is 940. The van der Waals surface area contributed by atoms with Crippen LogP contribution < -0.4 is 4.74 Å². The number of aliphatic hydroxyl groups excluding tert-OH is 1. The second-order valence-electron chi connectivity index (χ2n) is 7.41. The largest absolute Gasteiger partial charge is 0.508 e. The number of carboxylic acid groups (broad SMARTS) is 1. The van der Waals surface area contributed by atoms with E-state index in [2.05, 4.69) is 31.9 Å². The Morgan fingerprint density at radius 2 is 1.74 bits per heavy atom. The molecule has 168 valence electrons. The van der Waals surface area contributed by atoms with E-state index in [1.807, 2.05) is 13.8 Å². The number of carboxylic acids is 1. The number of nitrogens with zero attached hydrogens (tertiary/aromatic N) is 1. The van der Waals surface area contributed by atoms with Gasteiger partial charge in [0, 0.05) is 25.6 Å². The summed E-state index contributed by atoms with van der Waals surface area (Å²) in [5.41, 5.74) is 1.43. The molecule has 1 amide bonds. The van der Waals surface area contributed by atoms with Crippen LogP contribution in [0.1, 0.15) is 37.3 Å². The number of ether oxygens (including phenoxy) is 1. The number of aliphatic carboxylic acids is 1. The van der Waals surface area contributed by atoms with Gasteiger partial charge in [0.25, 0.3) is 0 Å². The first-order chi connectivity index (χ1) is 14.5. The SMILES string of the molecule is CC(C)c1cc(Oc2c(Br)cc(CC(=O)N(C)C(CCO)C(=O)O)cc2Br)ccc1O. The summed E-state index contributed by atoms with van der Waals surface area (Å²) in [6.07, 6.45) is -0.0529. The number of benzene rings is 2. The summed E-state index contributed by atoms with van der Waals surface area (Å²) in [5.74, 6) is -0.145. The van der Waals surface area contributed by atoms with Crippen LogP contribution in [0.25, 0.3) is 0 Å². The summed E-state index contributed by atoms with van der Waals surface area (Å²) in [6, 6.07) is 7.41. The van der Waals surface area contributed by atoms with Crippen molar-refractivity contribution in [2.45, 2.75) is 38.6 Å². The lowest BCUT2D eigenvalue weighted by Gasteiger charge is -2.24. The van der Waals surface area contributed by atoms with Gasteiger partial charge in [-0.3, -0.25) is 4.79 Å². The minimum Gasteiger partial charge on any atom is -0.508 e. The van der Waals surface area contributed by atoms with Gasteiger partial charge in [-0.25, -0.2) is 4.79 Å². The molecule has 0 aromatic heterocycles. The summed E-state index contributed by atoms with van der Waals surface area (Å²) in [6.45, 7) is 3.62. The van der Waals surface area contributed by atoms with Gasteiger partial charge in [0.15, 0.2) is 5.75 Å². The van der Waals surface area contributed by atoms with Crippen LogP contribution in [0.15, 0.2) is 39.3 Å². The lowest BCUT2D eigenvalue weighted by atomic mass is 10.0. The molecule has 1 unspecified atom stereocenters. The number of rotatable bonds is 9. The number of aliphatic hydroxyl groups is 1. The Balaban J connectivity index is 2.21. The molecular weight excluding hydrogens is 534 g/mol. The molecular formula is C22H25Br2NO6. The maximum atomic E-state index is 12.6. The Kier molecular flexibility index (Phi) is 8.90. The highest BCUT2D eigenvalue weighted by molar-refractivity contribution is 9.11. The average Bonchev–Trinajstić information content (AvgIpc) is 2.69. The molecule has 0 aliphatic carbocycles. The highest BCUT2D eigenvalue weighted by Crippen LogP contribution is 2.39. The molecule has 1 atom stereocenters. The number of phenols is 1. The summed E-state index contributed by atoms with van der Waals surface area (Å²) in [7, 11) is 1.41. The predicted molar refractivity (Wildman–Crippen MR) is 124 cm³/mol. The van der Waals surface area contributed by atoms with Crippen molar-refractivity contribution in [2.75, 3.05) is 13.7 Å². The second kappa shape index (κ2) is 11.0. The van der Waals surface area contributed by atoms with Gasteiger partial charge in [0.05, 0.1) is 15.4 Å². The van der Waals surface area contributed by atoms with Gasteiger partial charge in [0.2, 0.25) is 5.91 Å². The smallest absolute Gasteiger partial charge is 0.326 e. The molecule has 7 nitrogen and oxygen atoms in total. The molecule has 0 fully saturated rings. The predicted octanol–water partition coefficient (Wildman–Crippen LogP) is 4.67. The van der Waals surface area contributed by atoms with E-state index in [1.165, 1.54) is 7.05 Å². The van der Waals surface area contributed by atoms with Crippen molar-refractivity contribution in [3.05, 3.63) is 50.4 Å². The molecule has 2 rings (SSSR count). The molecule has 0 radical (unpaired) electrons. The van der Waals surface area contributed by atoms with Gasteiger partial charge in [0.1, 0.15) is 17.5 Å². The van der Waals surface area contributed by atoms with Crippen LogP contribution in [-0.4, -0.2) is 51.8 Å². The fourth-order valence-electron chi connectivity index (χ4n) is 3.07. The van der Waals surface area contributed by atoms with Gasteiger partial charge < -0.3 is 25.0 Å². The zero-order valence-corrected chi connectivity index (χ0v) is 20.6. The number of halogens is 2. The molecule has 0 heterocycles. The minimum atomic E-state index is -1.16. The van der Waals surface area contributed by atoms with Gasteiger partial charge in [-0.2, -0.15) is 0 Å². The van der Waals surface area contributed by atoms with Crippen molar-refractivity contribution in [3.63, 3.8) is 0 Å². The average molecular weight is 559 g/mol. The summed E-state index contributed by atoms with van der Waals surface area (Å²) < 4.78 is 7.21. The van der Waals surface area contributed by atoms with Crippen molar-refractivity contribution in [1.82, 2.24) is 4.90 Å². The Morgan fingerprint density at radius 1 is 1.13 bits per heavy atom. The third-order valence-corrected chi connectivity index (χ3v) is 5.98. The van der Waals surface area contributed by atoms with Gasteiger partial charge in [-0.15, -0.1) is 0 Å². The molecule has 0 spiro atoms. The molecule has 2 aromatic rings. The zero-order valence-electron chi connectivity index (χ0n) is 17.4. The van der Waals surface area contributed by atoms with E-state index < -0.39 is 12.0 Å². The number of phenolic OH excluding ortho intramolecular Hbond substituents is 1. The lowest BCUT2D eigenvalue weighted by molar-refractivity contribution is -0.149. The first-order valence-electron chi connectivity index (χ1n) is 9.63. The zero-order chi connectivity index (χ0) is 23.3. The fourth-order valence-corrected chi connectivity index (χ4v) is 4.51. The van der Waals surface area contributed by atoms with Gasteiger partial charge in [-0.05, 0) is 73.7 Å². The number of aromatic hydroxyl groups is 1. The quantitative estimate of drug-likeness (QED) is 0.413. The Hall–Kier alpha value is -2.10. The van der Waals surface area contributed by atoms with Crippen LogP contribution in [0.2, 0.25) is 0 Å². The maximum Gasteiger partial charge on any atom is 0.326 e. The van der Waals surface area contributed by atoms with Crippen LogP contribution >= 0.6 is 31.9 Å². The number of amides is 1. The summed E-state index contributed by atoms with van der Waals surface area (Å²) in [4.78, 5) is 25.0. The van der Waals surface area contributed by atoms with E-state index in [1.54, 1.807) is 30.3 Å². The standard InChI is InChI=1S/C22H25Br2NO6/c1-12(2)15-11-14(4-5-19(15)27)31-21-16(23)8-13(9-17(21)24)10-20(28)25(3)18(6-7-26)22(29)30/h4-5,8-9,11-12,18,26-27H,6-7,10H2,1-3H3,(H,29,30). The van der Waals surface area contributed by atoms with Gasteiger partial charge in [-0.1, -0.05) is 13.8 Å². The highest BCUT2D eigenvalue weighted by Gasteiger charge is 2.26. The van der Waals surface area contributed by atoms with Crippen LogP contribution in [0, 0.1) is 0 Å². The monoisotopic (exact) mass is 557 g/mol. The van der Waals surface area contributed by atoms with Crippen LogP contribution in [0.4, 0.5) is 0 Å². The Labute approximate surface area is 197 Å². The van der Waals surface area contributed by atoms with E-state index in [0.717, 1.165) is 10.5 Å². The molecule has 0 bridgehead atoms. The molecule has 0 aliphatic rings. The van der Waals surface area contributed by atoms with Crippen molar-refractivity contribution >= 4 is 43.7 Å². The summed E-state index contributed by atoms with van der Waals surface area (Å²) >= 11 is 6.93. The Morgan fingerprint density at radius 3 is 2.26 bits per heavy atom. The number of hydrogen-bond acceptors (Lipinski definition) is 5. The maximum absolute atomic E-state index is 12.6. The van der Waals surface area contributed by atoms with Crippen LogP contribution in [-0.2, 0) is 16.0 Å². The third kappa shape index (κ3) is 6.44. The number of carbonyl (C=O) groups is 2. The number of hydrogen-bond donors (Lipinski definition) is 3. The van der Waals surface area contributed by atoms with Crippen molar-refractivity contribution in [3.8, 4) is 17.2 Å². The normalized spacial score (nSPS) is 12.0. The van der Waals surface area contributed by atoms with E-state index in [9.17, 15) is 19.8 Å².